The molecule has 2 atom stereocenters. The molecule has 1 aliphatic heterocycles. The predicted molar refractivity (Wildman–Crippen MR) is 71.6 cm³/mol. The quantitative estimate of drug-likeness (QED) is 0.796. The minimum absolute atomic E-state index is 0.494. The Morgan fingerprint density at radius 2 is 2.36 bits per heavy atom. The second-order valence-electron chi connectivity index (χ2n) is 3.66. The number of halogens is 1. The van der Waals surface area contributed by atoms with E-state index in [9.17, 15) is 0 Å². The van der Waals surface area contributed by atoms with E-state index >= 15 is 0 Å². The fourth-order valence-electron chi connectivity index (χ4n) is 1.61. The molecule has 3 heteroatoms. The second kappa shape index (κ2) is 4.86. The molecule has 1 saturated heterocycles. The van der Waals surface area contributed by atoms with Crippen LogP contribution in [-0.2, 0) is 0 Å². The zero-order chi connectivity index (χ0) is 9.97. The van der Waals surface area contributed by atoms with Gasteiger partial charge in [-0.15, -0.1) is 11.8 Å². The lowest BCUT2D eigenvalue weighted by atomic mass is 10.2. The maximum absolute atomic E-state index is 3.62. The summed E-state index contributed by atoms with van der Waals surface area (Å²) >= 11 is 4.38. The average Bonchev–Trinajstić information content (AvgIpc) is 2.18. The van der Waals surface area contributed by atoms with Crippen LogP contribution in [0.25, 0.3) is 0 Å². The Kier molecular flexibility index (Phi) is 3.73. The van der Waals surface area contributed by atoms with E-state index in [2.05, 4.69) is 59.1 Å². The van der Waals surface area contributed by atoms with Crippen molar-refractivity contribution in [3.05, 3.63) is 33.4 Å². The maximum Gasteiger partial charge on any atom is 0.0791 e. The molecule has 0 aromatic heterocycles. The van der Waals surface area contributed by atoms with Crippen molar-refractivity contribution in [2.75, 3.05) is 5.75 Å². The molecule has 14 heavy (non-hydrogen) atoms. The molecule has 0 saturated carbocycles. The zero-order valence-electron chi connectivity index (χ0n) is 8.16. The van der Waals surface area contributed by atoms with Crippen LogP contribution in [0.4, 0.5) is 0 Å². The van der Waals surface area contributed by atoms with Gasteiger partial charge in [0.05, 0.1) is 5.37 Å². The fraction of sp³-hybridized carbons (Fsp3) is 0.455. The third-order valence-electron chi connectivity index (χ3n) is 2.42. The van der Waals surface area contributed by atoms with Gasteiger partial charge in [-0.05, 0) is 59.4 Å². The standard InChI is InChI=1S/C11H14INS/c1-8-5-6-14-11(13-8)9-3-2-4-10(12)7-9/h2-4,7-8,11,13H,5-6H2,1H3. The highest BCUT2D eigenvalue weighted by atomic mass is 127. The van der Waals surface area contributed by atoms with E-state index in [1.165, 1.54) is 21.3 Å². The van der Waals surface area contributed by atoms with Gasteiger partial charge in [0.1, 0.15) is 0 Å². The molecule has 1 N–H and O–H groups in total. The van der Waals surface area contributed by atoms with Crippen LogP contribution in [0.5, 0.6) is 0 Å². The van der Waals surface area contributed by atoms with Gasteiger partial charge in [0, 0.05) is 9.61 Å². The topological polar surface area (TPSA) is 12.0 Å². The molecule has 0 bridgehead atoms. The first-order valence-corrected chi connectivity index (χ1v) is 7.01. The Bertz CT molecular complexity index is 316. The Balaban J connectivity index is 2.14. The molecule has 2 rings (SSSR count). The molecule has 2 unspecified atom stereocenters. The lowest BCUT2D eigenvalue weighted by molar-refractivity contribution is 0.512. The lowest BCUT2D eigenvalue weighted by Gasteiger charge is -2.28. The fourth-order valence-corrected chi connectivity index (χ4v) is 3.57. The van der Waals surface area contributed by atoms with Crippen LogP contribution in [0.2, 0.25) is 0 Å². The Morgan fingerprint density at radius 1 is 1.50 bits per heavy atom. The van der Waals surface area contributed by atoms with Crippen molar-refractivity contribution >= 4 is 34.4 Å². The number of hydrogen-bond acceptors (Lipinski definition) is 2. The summed E-state index contributed by atoms with van der Waals surface area (Å²) in [5, 5.41) is 4.11. The van der Waals surface area contributed by atoms with Crippen molar-refractivity contribution in [1.29, 1.82) is 0 Å². The predicted octanol–water partition coefficient (Wildman–Crippen LogP) is 3.40. The smallest absolute Gasteiger partial charge is 0.0791 e. The Labute approximate surface area is 103 Å². The van der Waals surface area contributed by atoms with Gasteiger partial charge in [-0.1, -0.05) is 12.1 Å². The molecule has 1 aliphatic rings. The molecule has 0 amide bonds. The first kappa shape index (κ1) is 10.8. The number of nitrogens with one attached hydrogen (secondary N) is 1. The van der Waals surface area contributed by atoms with Gasteiger partial charge in [-0.2, -0.15) is 0 Å². The number of rotatable bonds is 1. The van der Waals surface area contributed by atoms with Crippen LogP contribution in [-0.4, -0.2) is 11.8 Å². The first-order chi connectivity index (χ1) is 6.75. The van der Waals surface area contributed by atoms with Gasteiger partial charge in [0.25, 0.3) is 0 Å². The highest BCUT2D eigenvalue weighted by Gasteiger charge is 2.19. The molecule has 1 nitrogen and oxygen atoms in total. The number of hydrogen-bond donors (Lipinski definition) is 1. The molecular formula is C11H14INS. The molecule has 1 aromatic rings. The van der Waals surface area contributed by atoms with E-state index in [1.807, 2.05) is 11.8 Å². The van der Waals surface area contributed by atoms with Gasteiger partial charge in [0.15, 0.2) is 0 Å². The Hall–Kier alpha value is 0.260. The minimum Gasteiger partial charge on any atom is -0.299 e. The van der Waals surface area contributed by atoms with Crippen molar-refractivity contribution in [2.45, 2.75) is 24.8 Å². The highest BCUT2D eigenvalue weighted by Crippen LogP contribution is 2.31. The van der Waals surface area contributed by atoms with E-state index in [0.717, 1.165) is 0 Å². The van der Waals surface area contributed by atoms with Crippen LogP contribution in [0, 0.1) is 3.57 Å². The summed E-state index contributed by atoms with van der Waals surface area (Å²) in [7, 11) is 0. The molecule has 0 spiro atoms. The largest absolute Gasteiger partial charge is 0.299 e. The van der Waals surface area contributed by atoms with Crippen molar-refractivity contribution in [3.63, 3.8) is 0 Å². The summed E-state index contributed by atoms with van der Waals surface area (Å²) in [6.07, 6.45) is 1.28. The van der Waals surface area contributed by atoms with Crippen LogP contribution in [0.3, 0.4) is 0 Å². The summed E-state index contributed by atoms with van der Waals surface area (Å²) in [5.41, 5.74) is 1.41. The Morgan fingerprint density at radius 3 is 3.07 bits per heavy atom. The van der Waals surface area contributed by atoms with Crippen LogP contribution >= 0.6 is 34.4 Å². The van der Waals surface area contributed by atoms with E-state index in [1.54, 1.807) is 0 Å². The van der Waals surface area contributed by atoms with Crippen LogP contribution < -0.4 is 5.32 Å². The SMILES string of the molecule is CC1CCSC(c2cccc(I)c2)N1. The number of thioether (sulfide) groups is 1. The maximum atomic E-state index is 3.62. The monoisotopic (exact) mass is 319 g/mol. The summed E-state index contributed by atoms with van der Waals surface area (Å²) in [5.74, 6) is 1.27. The van der Waals surface area contributed by atoms with Crippen LogP contribution in [0.15, 0.2) is 24.3 Å². The molecule has 1 fully saturated rings. The molecule has 0 radical (unpaired) electrons. The number of benzene rings is 1. The lowest BCUT2D eigenvalue weighted by Crippen LogP contribution is -2.33. The third-order valence-corrected chi connectivity index (χ3v) is 4.31. The first-order valence-electron chi connectivity index (χ1n) is 4.89. The van der Waals surface area contributed by atoms with E-state index < -0.39 is 0 Å². The van der Waals surface area contributed by atoms with Gasteiger partial charge in [-0.3, -0.25) is 5.32 Å². The van der Waals surface area contributed by atoms with Crippen molar-refractivity contribution in [3.8, 4) is 0 Å². The van der Waals surface area contributed by atoms with Crippen molar-refractivity contribution < 1.29 is 0 Å². The van der Waals surface area contributed by atoms with Gasteiger partial charge < -0.3 is 0 Å². The summed E-state index contributed by atoms with van der Waals surface area (Å²) < 4.78 is 1.32. The van der Waals surface area contributed by atoms with E-state index in [-0.39, 0.29) is 0 Å². The van der Waals surface area contributed by atoms with Gasteiger partial charge in [-0.25, -0.2) is 0 Å². The zero-order valence-corrected chi connectivity index (χ0v) is 11.1. The van der Waals surface area contributed by atoms with Gasteiger partial charge >= 0.3 is 0 Å². The van der Waals surface area contributed by atoms with Crippen molar-refractivity contribution in [2.24, 2.45) is 0 Å². The third kappa shape index (κ3) is 2.64. The summed E-state index contributed by atoms with van der Waals surface area (Å²) in [6, 6.07) is 9.41. The normalized spacial score (nSPS) is 27.6. The van der Waals surface area contributed by atoms with Crippen LogP contribution in [0.1, 0.15) is 24.3 Å². The molecule has 0 aliphatic carbocycles. The van der Waals surface area contributed by atoms with Gasteiger partial charge in [0.2, 0.25) is 0 Å². The molecule has 76 valence electrons. The van der Waals surface area contributed by atoms with E-state index in [4.69, 9.17) is 0 Å². The minimum atomic E-state index is 0.494. The molecule has 1 heterocycles. The molecular weight excluding hydrogens is 305 g/mol. The summed E-state index contributed by atoms with van der Waals surface area (Å²) in [4.78, 5) is 0. The second-order valence-corrected chi connectivity index (χ2v) is 6.12. The highest BCUT2D eigenvalue weighted by molar-refractivity contribution is 14.1. The molecule has 1 aromatic carbocycles. The summed E-state index contributed by atoms with van der Waals surface area (Å²) in [6.45, 7) is 2.26. The van der Waals surface area contributed by atoms with Crippen molar-refractivity contribution in [1.82, 2.24) is 5.32 Å². The average molecular weight is 319 g/mol. The van der Waals surface area contributed by atoms with E-state index in [0.29, 0.717) is 11.4 Å².